The number of aryl methyl sites for hydroxylation is 1. The Morgan fingerprint density at radius 3 is 2.95 bits per heavy atom. The van der Waals surface area contributed by atoms with E-state index >= 15 is 0 Å². The van der Waals surface area contributed by atoms with Crippen LogP contribution in [0, 0.1) is 6.92 Å². The number of aromatic nitrogens is 2. The quantitative estimate of drug-likeness (QED) is 0.820. The molecule has 0 radical (unpaired) electrons. The minimum absolute atomic E-state index is 0.0110. The van der Waals surface area contributed by atoms with Crippen molar-refractivity contribution in [3.8, 4) is 0 Å². The van der Waals surface area contributed by atoms with Crippen LogP contribution in [0.1, 0.15) is 36.6 Å². The first kappa shape index (κ1) is 16.0. The van der Waals surface area contributed by atoms with Crippen molar-refractivity contribution >= 4 is 15.9 Å². The number of hydrogen-bond acceptors (Lipinski definition) is 4. The van der Waals surface area contributed by atoms with Gasteiger partial charge in [0.1, 0.15) is 0 Å². The number of likely N-dealkylation sites (tertiary alicyclic amines) is 1. The molecule has 0 saturated carbocycles. The third-order valence-corrected chi connectivity index (χ3v) is 4.35. The fraction of sp³-hybridized carbons (Fsp3) is 0.692. The van der Waals surface area contributed by atoms with E-state index in [9.17, 15) is 13.2 Å². The molecule has 1 fully saturated rings. The molecular formula is C13H22N4O3S. The maximum atomic E-state index is 12.1. The number of piperidine rings is 1. The van der Waals surface area contributed by atoms with Gasteiger partial charge in [0.15, 0.2) is 0 Å². The zero-order chi connectivity index (χ0) is 15.5. The largest absolute Gasteiger partial charge is 0.342 e. The monoisotopic (exact) mass is 314 g/mol. The number of sulfonamides is 1. The van der Waals surface area contributed by atoms with Crippen molar-refractivity contribution in [2.24, 2.45) is 0 Å². The van der Waals surface area contributed by atoms with Gasteiger partial charge >= 0.3 is 0 Å². The zero-order valence-corrected chi connectivity index (χ0v) is 13.2. The molecule has 0 aromatic carbocycles. The number of amides is 1. The van der Waals surface area contributed by atoms with Crippen molar-refractivity contribution in [3.63, 3.8) is 0 Å². The molecule has 8 heteroatoms. The maximum absolute atomic E-state index is 12.1. The van der Waals surface area contributed by atoms with Gasteiger partial charge in [-0.05, 0) is 25.8 Å². The van der Waals surface area contributed by atoms with E-state index in [1.807, 2.05) is 17.9 Å². The van der Waals surface area contributed by atoms with Crippen LogP contribution >= 0.6 is 0 Å². The summed E-state index contributed by atoms with van der Waals surface area (Å²) < 4.78 is 24.3. The highest BCUT2D eigenvalue weighted by atomic mass is 32.2. The summed E-state index contributed by atoms with van der Waals surface area (Å²) in [5.74, 6) is 0.249. The summed E-state index contributed by atoms with van der Waals surface area (Å²) in [6, 6.07) is 2.02. The Morgan fingerprint density at radius 2 is 2.33 bits per heavy atom. The Hall–Kier alpha value is -1.41. The van der Waals surface area contributed by atoms with Gasteiger partial charge in [0.25, 0.3) is 0 Å². The van der Waals surface area contributed by atoms with Crippen LogP contribution in [0.25, 0.3) is 0 Å². The molecule has 1 aromatic heterocycles. The highest BCUT2D eigenvalue weighted by molar-refractivity contribution is 7.88. The standard InChI is InChI=1S/C13H22N4O3S/c1-10-8-12(16-15-10)11-4-3-7-17(9-11)13(18)5-6-14-21(2,19)20/h8,11,14H,3-7,9H2,1-2H3,(H,15,16). The smallest absolute Gasteiger partial charge is 0.223 e. The highest BCUT2D eigenvalue weighted by Gasteiger charge is 2.25. The van der Waals surface area contributed by atoms with Crippen molar-refractivity contribution in [1.29, 1.82) is 0 Å². The SMILES string of the molecule is Cc1cc(C2CCCN(C(=O)CCNS(C)(=O)=O)C2)n[nH]1. The van der Waals surface area contributed by atoms with Crippen LogP contribution < -0.4 is 4.72 Å². The molecule has 1 atom stereocenters. The van der Waals surface area contributed by atoms with Gasteiger partial charge in [0.05, 0.1) is 11.9 Å². The van der Waals surface area contributed by atoms with E-state index < -0.39 is 10.0 Å². The molecule has 0 aliphatic carbocycles. The first-order valence-electron chi connectivity index (χ1n) is 7.09. The Morgan fingerprint density at radius 1 is 1.57 bits per heavy atom. The summed E-state index contributed by atoms with van der Waals surface area (Å²) in [6.07, 6.45) is 3.26. The van der Waals surface area contributed by atoms with Crippen LogP contribution in [0.15, 0.2) is 6.07 Å². The van der Waals surface area contributed by atoms with Crippen LogP contribution in [0.5, 0.6) is 0 Å². The number of nitrogens with one attached hydrogen (secondary N) is 2. The third kappa shape index (κ3) is 4.82. The number of rotatable bonds is 5. The second-order valence-corrected chi connectivity index (χ2v) is 7.40. The molecule has 1 aromatic rings. The van der Waals surface area contributed by atoms with E-state index in [1.165, 1.54) is 0 Å². The molecule has 1 aliphatic rings. The van der Waals surface area contributed by atoms with Crippen molar-refractivity contribution in [2.75, 3.05) is 25.9 Å². The van der Waals surface area contributed by atoms with E-state index in [2.05, 4.69) is 14.9 Å². The van der Waals surface area contributed by atoms with Gasteiger partial charge in [-0.3, -0.25) is 9.89 Å². The molecule has 1 aliphatic heterocycles. The second-order valence-electron chi connectivity index (χ2n) is 5.57. The van der Waals surface area contributed by atoms with Gasteiger partial charge in [-0.15, -0.1) is 0 Å². The molecule has 1 unspecified atom stereocenters. The number of aromatic amines is 1. The molecule has 2 rings (SSSR count). The lowest BCUT2D eigenvalue weighted by atomic mass is 9.94. The van der Waals surface area contributed by atoms with Gasteiger partial charge in [0.2, 0.25) is 15.9 Å². The first-order chi connectivity index (χ1) is 9.85. The predicted octanol–water partition coefficient (Wildman–Crippen LogP) is 0.363. The molecule has 7 nitrogen and oxygen atoms in total. The van der Waals surface area contributed by atoms with E-state index in [0.717, 1.165) is 37.0 Å². The van der Waals surface area contributed by atoms with Crippen molar-refractivity contribution in [3.05, 3.63) is 17.5 Å². The Labute approximate surface area is 125 Å². The summed E-state index contributed by atoms with van der Waals surface area (Å²) in [4.78, 5) is 13.9. The lowest BCUT2D eigenvalue weighted by molar-refractivity contribution is -0.132. The molecule has 0 spiro atoms. The van der Waals surface area contributed by atoms with Gasteiger partial charge in [-0.1, -0.05) is 0 Å². The molecule has 118 valence electrons. The Bertz CT molecular complexity index is 596. The van der Waals surface area contributed by atoms with Gasteiger partial charge in [-0.2, -0.15) is 5.10 Å². The van der Waals surface area contributed by atoms with Gasteiger partial charge in [0, 0.05) is 37.7 Å². The highest BCUT2D eigenvalue weighted by Crippen LogP contribution is 2.26. The van der Waals surface area contributed by atoms with Crippen LogP contribution in [0.2, 0.25) is 0 Å². The number of carbonyl (C=O) groups excluding carboxylic acids is 1. The van der Waals surface area contributed by atoms with Crippen molar-refractivity contribution < 1.29 is 13.2 Å². The fourth-order valence-electron chi connectivity index (χ4n) is 2.59. The van der Waals surface area contributed by atoms with Crippen LogP contribution in [-0.2, 0) is 14.8 Å². The van der Waals surface area contributed by atoms with Gasteiger partial charge in [-0.25, -0.2) is 13.1 Å². The topological polar surface area (TPSA) is 95.2 Å². The summed E-state index contributed by atoms with van der Waals surface area (Å²) >= 11 is 0. The van der Waals surface area contributed by atoms with E-state index in [4.69, 9.17) is 0 Å². The fourth-order valence-corrected chi connectivity index (χ4v) is 3.07. The van der Waals surface area contributed by atoms with Crippen LogP contribution in [0.3, 0.4) is 0 Å². The van der Waals surface area contributed by atoms with Crippen molar-refractivity contribution in [1.82, 2.24) is 19.8 Å². The van der Waals surface area contributed by atoms with E-state index in [0.29, 0.717) is 6.54 Å². The van der Waals surface area contributed by atoms with E-state index in [1.54, 1.807) is 0 Å². The minimum Gasteiger partial charge on any atom is -0.342 e. The summed E-state index contributed by atoms with van der Waals surface area (Å²) in [7, 11) is -3.24. The average Bonchev–Trinajstić information content (AvgIpc) is 2.84. The summed E-state index contributed by atoms with van der Waals surface area (Å²) in [5.41, 5.74) is 2.02. The van der Waals surface area contributed by atoms with Crippen molar-refractivity contribution in [2.45, 2.75) is 32.1 Å². The number of H-pyrrole nitrogens is 1. The second kappa shape index (κ2) is 6.57. The minimum atomic E-state index is -3.24. The third-order valence-electron chi connectivity index (χ3n) is 3.62. The molecule has 1 saturated heterocycles. The zero-order valence-electron chi connectivity index (χ0n) is 12.4. The number of hydrogen-bond donors (Lipinski definition) is 2. The number of carbonyl (C=O) groups is 1. The van der Waals surface area contributed by atoms with E-state index in [-0.39, 0.29) is 24.8 Å². The van der Waals surface area contributed by atoms with Crippen LogP contribution in [-0.4, -0.2) is 55.3 Å². The Kier molecular flexibility index (Phi) is 5.00. The average molecular weight is 314 g/mol. The van der Waals surface area contributed by atoms with Crippen LogP contribution in [0.4, 0.5) is 0 Å². The first-order valence-corrected chi connectivity index (χ1v) is 8.98. The lowest BCUT2D eigenvalue weighted by Gasteiger charge is -2.32. The molecule has 2 N–H and O–H groups in total. The molecule has 1 amide bonds. The summed E-state index contributed by atoms with van der Waals surface area (Å²) in [5, 5.41) is 7.20. The number of nitrogens with zero attached hydrogens (tertiary/aromatic N) is 2. The lowest BCUT2D eigenvalue weighted by Crippen LogP contribution is -2.40. The molecule has 21 heavy (non-hydrogen) atoms. The van der Waals surface area contributed by atoms with Gasteiger partial charge < -0.3 is 4.90 Å². The molecule has 2 heterocycles. The molecular weight excluding hydrogens is 292 g/mol. The molecule has 0 bridgehead atoms. The normalized spacial score (nSPS) is 19.7. The summed E-state index contributed by atoms with van der Waals surface area (Å²) in [6.45, 7) is 3.50. The Balaban J connectivity index is 1.87. The predicted molar refractivity (Wildman–Crippen MR) is 79.3 cm³/mol. The maximum Gasteiger partial charge on any atom is 0.223 e.